The smallest absolute Gasteiger partial charge is 0.338 e. The Morgan fingerprint density at radius 2 is 1.94 bits per heavy atom. The molecule has 0 amide bonds. The van der Waals surface area contributed by atoms with Crippen molar-refractivity contribution >= 4 is 23.7 Å². The molecule has 3 aromatic rings. The van der Waals surface area contributed by atoms with Crippen LogP contribution in [0.5, 0.6) is 0 Å². The van der Waals surface area contributed by atoms with Gasteiger partial charge in [-0.3, -0.25) is 0 Å². The van der Waals surface area contributed by atoms with E-state index < -0.39 is 12.0 Å². The summed E-state index contributed by atoms with van der Waals surface area (Å²) in [6.45, 7) is 4.08. The van der Waals surface area contributed by atoms with E-state index in [4.69, 9.17) is 4.74 Å². The number of ether oxygens (including phenoxy) is 1. The number of thioether (sulfide) groups is 1. The molecule has 0 fully saturated rings. The molecular weight excluding hydrogens is 415 g/mol. The van der Waals surface area contributed by atoms with E-state index in [0.717, 1.165) is 17.7 Å². The number of hydrogen-bond donors (Lipinski definition) is 1. The fraction of sp³-hybridized carbons (Fsp3) is 0.261. The molecular formula is C23H23FN4O2S. The third-order valence-corrected chi connectivity index (χ3v) is 5.80. The Bertz CT molecular complexity index is 1100. The molecule has 1 aromatic heterocycles. The van der Waals surface area contributed by atoms with Gasteiger partial charge < -0.3 is 10.1 Å². The zero-order valence-electron chi connectivity index (χ0n) is 17.3. The maximum atomic E-state index is 13.6. The van der Waals surface area contributed by atoms with Gasteiger partial charge in [-0.2, -0.15) is 4.98 Å². The Balaban J connectivity index is 1.68. The SMILES string of the molecule is CCCOC(=O)C1=C(C)Nc2nc(SCc3ccccc3)nn2C1c1ccc(F)cc1. The van der Waals surface area contributed by atoms with Crippen LogP contribution < -0.4 is 5.32 Å². The second-order valence-corrected chi connectivity index (χ2v) is 8.13. The lowest BCUT2D eigenvalue weighted by Gasteiger charge is -2.28. The summed E-state index contributed by atoms with van der Waals surface area (Å²) in [5, 5.41) is 8.43. The quantitative estimate of drug-likeness (QED) is 0.416. The van der Waals surface area contributed by atoms with Gasteiger partial charge in [0.15, 0.2) is 0 Å². The Morgan fingerprint density at radius 3 is 2.65 bits per heavy atom. The van der Waals surface area contributed by atoms with E-state index in [9.17, 15) is 9.18 Å². The van der Waals surface area contributed by atoms with E-state index in [1.54, 1.807) is 16.8 Å². The number of rotatable bonds is 7. The normalized spacial score (nSPS) is 15.4. The lowest BCUT2D eigenvalue weighted by atomic mass is 9.96. The number of anilines is 1. The van der Waals surface area contributed by atoms with E-state index in [1.165, 1.54) is 29.5 Å². The molecule has 0 saturated carbocycles. The predicted molar refractivity (Wildman–Crippen MR) is 118 cm³/mol. The number of benzene rings is 2. The summed E-state index contributed by atoms with van der Waals surface area (Å²) in [6.07, 6.45) is 0.724. The molecule has 2 heterocycles. The monoisotopic (exact) mass is 438 g/mol. The molecule has 31 heavy (non-hydrogen) atoms. The topological polar surface area (TPSA) is 69.0 Å². The molecule has 1 atom stereocenters. The molecule has 4 rings (SSSR count). The average molecular weight is 439 g/mol. The number of allylic oxidation sites excluding steroid dienone is 1. The van der Waals surface area contributed by atoms with Gasteiger partial charge in [-0.1, -0.05) is 61.2 Å². The average Bonchev–Trinajstić information content (AvgIpc) is 3.19. The van der Waals surface area contributed by atoms with Crippen LogP contribution in [0.2, 0.25) is 0 Å². The molecule has 1 aliphatic heterocycles. The van der Waals surface area contributed by atoms with E-state index in [-0.39, 0.29) is 5.82 Å². The minimum absolute atomic E-state index is 0.328. The predicted octanol–water partition coefficient (Wildman–Crippen LogP) is 4.95. The van der Waals surface area contributed by atoms with Crippen LogP contribution in [0.1, 0.15) is 37.4 Å². The molecule has 1 aliphatic rings. The second kappa shape index (κ2) is 9.34. The number of nitrogens with zero attached hydrogens (tertiary/aromatic N) is 3. The maximum Gasteiger partial charge on any atom is 0.338 e. The molecule has 0 bridgehead atoms. The van der Waals surface area contributed by atoms with Crippen molar-refractivity contribution in [2.75, 3.05) is 11.9 Å². The van der Waals surface area contributed by atoms with E-state index in [0.29, 0.717) is 29.0 Å². The number of carbonyl (C=O) groups excluding carboxylic acids is 1. The number of carbonyl (C=O) groups is 1. The Kier molecular flexibility index (Phi) is 6.36. The van der Waals surface area contributed by atoms with Crippen LogP contribution in [0.4, 0.5) is 10.3 Å². The molecule has 0 saturated heterocycles. The fourth-order valence-corrected chi connectivity index (χ4v) is 4.19. The largest absolute Gasteiger partial charge is 0.462 e. The summed E-state index contributed by atoms with van der Waals surface area (Å²) in [7, 11) is 0. The van der Waals surface area contributed by atoms with E-state index in [1.807, 2.05) is 32.0 Å². The van der Waals surface area contributed by atoms with Crippen LogP contribution in [-0.4, -0.2) is 27.3 Å². The lowest BCUT2D eigenvalue weighted by molar-refractivity contribution is -0.139. The summed E-state index contributed by atoms with van der Waals surface area (Å²) in [4.78, 5) is 17.5. The Labute approximate surface area is 184 Å². The minimum Gasteiger partial charge on any atom is -0.462 e. The first-order chi connectivity index (χ1) is 15.1. The summed E-state index contributed by atoms with van der Waals surface area (Å²) < 4.78 is 20.7. The highest BCUT2D eigenvalue weighted by atomic mass is 32.2. The molecule has 8 heteroatoms. The van der Waals surface area contributed by atoms with E-state index in [2.05, 4.69) is 27.5 Å². The maximum absolute atomic E-state index is 13.6. The Morgan fingerprint density at radius 1 is 1.19 bits per heavy atom. The van der Waals surface area contributed by atoms with Gasteiger partial charge in [0.25, 0.3) is 0 Å². The van der Waals surface area contributed by atoms with Gasteiger partial charge in [-0.15, -0.1) is 5.10 Å². The van der Waals surface area contributed by atoms with Crippen molar-refractivity contribution in [3.8, 4) is 0 Å². The third kappa shape index (κ3) is 4.64. The first-order valence-electron chi connectivity index (χ1n) is 10.1. The molecule has 0 spiro atoms. The van der Waals surface area contributed by atoms with Gasteiger partial charge in [-0.05, 0) is 36.6 Å². The molecule has 6 nitrogen and oxygen atoms in total. The number of hydrogen-bond acceptors (Lipinski definition) is 6. The van der Waals surface area contributed by atoms with Crippen molar-refractivity contribution in [2.24, 2.45) is 0 Å². The zero-order chi connectivity index (χ0) is 21.8. The van der Waals surface area contributed by atoms with Gasteiger partial charge in [0, 0.05) is 11.4 Å². The molecule has 0 aliphatic carbocycles. The highest BCUT2D eigenvalue weighted by molar-refractivity contribution is 7.98. The molecule has 2 aromatic carbocycles. The van der Waals surface area contributed by atoms with Gasteiger partial charge in [0.1, 0.15) is 11.9 Å². The first kappa shape index (κ1) is 21.1. The van der Waals surface area contributed by atoms with Crippen LogP contribution in [0, 0.1) is 5.82 Å². The highest BCUT2D eigenvalue weighted by Gasteiger charge is 2.35. The summed E-state index contributed by atoms with van der Waals surface area (Å²) in [5.41, 5.74) is 2.99. The van der Waals surface area contributed by atoms with Crippen molar-refractivity contribution in [1.82, 2.24) is 14.8 Å². The number of fused-ring (bicyclic) bond motifs is 1. The van der Waals surface area contributed by atoms with Crippen molar-refractivity contribution in [3.05, 3.63) is 82.8 Å². The van der Waals surface area contributed by atoms with Crippen LogP contribution in [0.15, 0.2) is 71.0 Å². The Hall–Kier alpha value is -3.13. The third-order valence-electron chi connectivity index (χ3n) is 4.89. The van der Waals surface area contributed by atoms with Crippen LogP contribution >= 0.6 is 11.8 Å². The van der Waals surface area contributed by atoms with Crippen LogP contribution in [-0.2, 0) is 15.3 Å². The number of esters is 1. The molecule has 1 unspecified atom stereocenters. The molecule has 160 valence electrons. The minimum atomic E-state index is -0.556. The van der Waals surface area contributed by atoms with Gasteiger partial charge in [0.2, 0.25) is 11.1 Å². The van der Waals surface area contributed by atoms with Gasteiger partial charge in [-0.25, -0.2) is 13.9 Å². The fourth-order valence-electron chi connectivity index (χ4n) is 3.40. The van der Waals surface area contributed by atoms with Crippen molar-refractivity contribution < 1.29 is 13.9 Å². The zero-order valence-corrected chi connectivity index (χ0v) is 18.2. The molecule has 0 radical (unpaired) electrons. The van der Waals surface area contributed by atoms with Crippen molar-refractivity contribution in [3.63, 3.8) is 0 Å². The van der Waals surface area contributed by atoms with Crippen LogP contribution in [0.25, 0.3) is 0 Å². The highest BCUT2D eigenvalue weighted by Crippen LogP contribution is 2.37. The summed E-state index contributed by atoms with van der Waals surface area (Å²) in [6, 6.07) is 15.6. The summed E-state index contributed by atoms with van der Waals surface area (Å²) >= 11 is 1.51. The number of nitrogens with one attached hydrogen (secondary N) is 1. The second-order valence-electron chi connectivity index (χ2n) is 7.19. The van der Waals surface area contributed by atoms with Gasteiger partial charge >= 0.3 is 5.97 Å². The summed E-state index contributed by atoms with van der Waals surface area (Å²) in [5.74, 6) is 0.505. The van der Waals surface area contributed by atoms with Crippen molar-refractivity contribution in [2.45, 2.75) is 37.2 Å². The number of halogens is 1. The number of aromatic nitrogens is 3. The molecule has 1 N–H and O–H groups in total. The standard InChI is InChI=1S/C23H23FN4O2S/c1-3-13-30-21(29)19-15(2)25-22-26-23(31-14-16-7-5-4-6-8-16)27-28(22)20(19)17-9-11-18(24)12-10-17/h4-12,20H,3,13-14H2,1-2H3,(H,25,26,27). The van der Waals surface area contributed by atoms with Crippen molar-refractivity contribution in [1.29, 1.82) is 0 Å². The first-order valence-corrected chi connectivity index (χ1v) is 11.1. The van der Waals surface area contributed by atoms with Gasteiger partial charge in [0.05, 0.1) is 12.2 Å². The van der Waals surface area contributed by atoms with E-state index >= 15 is 0 Å². The van der Waals surface area contributed by atoms with Crippen LogP contribution in [0.3, 0.4) is 0 Å². The lowest BCUT2D eigenvalue weighted by Crippen LogP contribution is -2.29.